The molecule has 13 aliphatic rings. The van der Waals surface area contributed by atoms with Gasteiger partial charge in [0.25, 0.3) is 0 Å². The molecule has 24 heteroatoms. The summed E-state index contributed by atoms with van der Waals surface area (Å²) in [6.45, 7) is 0. The number of imidazole rings is 5. The quantitative estimate of drug-likeness (QED) is 0.0469. The van der Waals surface area contributed by atoms with Crippen molar-refractivity contribution in [2.45, 2.75) is 272 Å². The average Bonchev–Trinajstić information content (AvgIpc) is 1.62. The van der Waals surface area contributed by atoms with Crippen LogP contribution in [-0.2, 0) is 0 Å². The smallest absolute Gasteiger partial charge is 0.213 e. The number of halogens is 2. The maximum atomic E-state index is 13.6. The Balaban J connectivity index is 0.0000000961. The largest absolute Gasteiger partial charge is 0.393 e. The molecule has 10 atom stereocenters. The van der Waals surface area contributed by atoms with Crippen molar-refractivity contribution >= 4 is 0 Å². The lowest BCUT2D eigenvalue weighted by atomic mass is 9.76. The minimum Gasteiger partial charge on any atom is -0.393 e. The van der Waals surface area contributed by atoms with E-state index in [1.54, 1.807) is 37.2 Å². The van der Waals surface area contributed by atoms with E-state index in [0.717, 1.165) is 127 Å². The van der Waals surface area contributed by atoms with Gasteiger partial charge in [-0.3, -0.25) is 15.0 Å². The van der Waals surface area contributed by atoms with E-state index in [4.69, 9.17) is 0 Å². The van der Waals surface area contributed by atoms with E-state index in [1.165, 1.54) is 144 Å². The Morgan fingerprint density at radius 3 is 0.791 bits per heavy atom. The van der Waals surface area contributed by atoms with E-state index in [-0.39, 0.29) is 72.6 Å². The molecule has 115 heavy (non-hydrogen) atoms. The summed E-state index contributed by atoms with van der Waals surface area (Å²) < 4.78 is 37.6. The average molecular weight is 1560 g/mol. The first-order valence-electron chi connectivity index (χ1n) is 43.1. The number of hydrogen-bond acceptors (Lipinski definition) is 17. The molecule has 0 amide bonds. The molecule has 10 aromatic heterocycles. The van der Waals surface area contributed by atoms with Crippen LogP contribution in [0.15, 0.2) is 142 Å². The lowest BCUT2D eigenvalue weighted by Crippen LogP contribution is -2.29. The standard InChI is InChI=1S/3C19H23N3O.2C17H20FN3O2/c3*23-17(13-3-5-19(6-4-13)7-8-19)10-15-18-14(2-1-9-21-18)16-11-20-12-22(15)16;2*18-16-6-5-12-14-8-19-9-21(14)13(17(12)20-16)7-15(23)10-1-3-11(22)4-2-10/h3*1-2,9,11-13,15,17,23H,3-8,10H2;2*5-6,8-11,13,15,22-23H,1-4,7H2. The minimum atomic E-state index is -0.497. The number of aliphatic hydroxyl groups excluding tert-OH is 7. The van der Waals surface area contributed by atoms with Crippen molar-refractivity contribution in [3.8, 4) is 56.3 Å². The van der Waals surface area contributed by atoms with Gasteiger partial charge in [0.2, 0.25) is 11.9 Å². The van der Waals surface area contributed by atoms with Gasteiger partial charge in [0.15, 0.2) is 0 Å². The summed E-state index contributed by atoms with van der Waals surface area (Å²) >= 11 is 0. The van der Waals surface area contributed by atoms with Crippen LogP contribution in [0.4, 0.5) is 8.78 Å². The molecule has 5 aliphatic heterocycles. The zero-order valence-corrected chi connectivity index (χ0v) is 65.6. The second kappa shape index (κ2) is 31.7. The van der Waals surface area contributed by atoms with Gasteiger partial charge < -0.3 is 58.6 Å². The van der Waals surface area contributed by atoms with Crippen molar-refractivity contribution in [2.24, 2.45) is 45.8 Å². The molecule has 15 heterocycles. The maximum absolute atomic E-state index is 13.6. The van der Waals surface area contributed by atoms with Crippen LogP contribution < -0.4 is 0 Å². The SMILES string of the molecule is OC(CC1c2ncccc2-c2cncn21)C1CCC2(CC1)CC2.OC(CC1c2ncccc2-c2cncn21)C1CCC2(CC1)CC2.OC(CC1c2ncccc2-c2cncn21)C1CCC2(CC1)CC2.OC1CCC(C(O)CC2c3nc(F)ccc3-c3cncn32)CC1.OC1CCC(C(O)CC2c3nc(F)ccc3-c3cncn32)CC1. The second-order valence-electron chi connectivity index (χ2n) is 36.6. The van der Waals surface area contributed by atoms with Crippen LogP contribution in [0.25, 0.3) is 56.3 Å². The first kappa shape index (κ1) is 76.4. The molecule has 0 aromatic carbocycles. The molecule has 8 fully saturated rings. The Morgan fingerprint density at radius 1 is 0.304 bits per heavy atom. The van der Waals surface area contributed by atoms with E-state index in [2.05, 4.69) is 81.7 Å². The van der Waals surface area contributed by atoms with E-state index < -0.39 is 24.1 Å². The van der Waals surface area contributed by atoms with Gasteiger partial charge in [0.05, 0.1) is 192 Å². The molecule has 604 valence electrons. The monoisotopic (exact) mass is 1560 g/mol. The summed E-state index contributed by atoms with van der Waals surface area (Å²) in [7, 11) is 0. The van der Waals surface area contributed by atoms with Crippen LogP contribution in [0, 0.1) is 57.7 Å². The summed E-state index contributed by atoms with van der Waals surface area (Å²) in [5, 5.41) is 73.1. The molecule has 0 saturated heterocycles. The van der Waals surface area contributed by atoms with Gasteiger partial charge in [0, 0.05) is 78.5 Å². The molecule has 8 aliphatic carbocycles. The highest BCUT2D eigenvalue weighted by Gasteiger charge is 2.50. The van der Waals surface area contributed by atoms with Crippen LogP contribution in [0.2, 0.25) is 0 Å². The predicted octanol–water partition coefficient (Wildman–Crippen LogP) is 15.3. The molecule has 10 unspecified atom stereocenters. The van der Waals surface area contributed by atoms with Crippen LogP contribution in [0.3, 0.4) is 0 Å². The molecule has 8 saturated carbocycles. The number of aliphatic hydroxyl groups is 7. The Hall–Kier alpha value is -8.62. The highest BCUT2D eigenvalue weighted by atomic mass is 19.1. The molecule has 22 nitrogen and oxygen atoms in total. The topological polar surface area (TPSA) is 295 Å². The molecule has 3 spiro atoms. The number of fused-ring (bicyclic) bond motifs is 15. The zero-order chi connectivity index (χ0) is 78.3. The summed E-state index contributed by atoms with van der Waals surface area (Å²) in [6, 6.07) is 18.5. The molecule has 7 N–H and O–H groups in total. The molecular weight excluding hydrogens is 1450 g/mol. The Morgan fingerprint density at radius 2 is 0.539 bits per heavy atom. The van der Waals surface area contributed by atoms with Crippen LogP contribution >= 0.6 is 0 Å². The van der Waals surface area contributed by atoms with Gasteiger partial charge in [-0.25, -0.2) is 34.9 Å². The zero-order valence-electron chi connectivity index (χ0n) is 65.6. The van der Waals surface area contributed by atoms with Crippen molar-refractivity contribution in [3.63, 3.8) is 0 Å². The molecule has 10 aromatic rings. The van der Waals surface area contributed by atoms with Crippen molar-refractivity contribution < 1.29 is 44.5 Å². The number of nitrogens with zero attached hydrogens (tertiary/aromatic N) is 15. The first-order chi connectivity index (χ1) is 56.0. The van der Waals surface area contributed by atoms with Crippen molar-refractivity contribution in [3.05, 3.63) is 182 Å². The van der Waals surface area contributed by atoms with Gasteiger partial charge in [0.1, 0.15) is 0 Å². The lowest BCUT2D eigenvalue weighted by Gasteiger charge is -2.32. The van der Waals surface area contributed by atoms with E-state index >= 15 is 0 Å². The van der Waals surface area contributed by atoms with Crippen LogP contribution in [0.1, 0.15) is 258 Å². The van der Waals surface area contributed by atoms with E-state index in [9.17, 15) is 44.5 Å². The number of pyridine rings is 5. The number of hydrogen-bond donors (Lipinski definition) is 7. The number of aromatic nitrogens is 15. The fourth-order valence-corrected chi connectivity index (χ4v) is 22.2. The predicted molar refractivity (Wildman–Crippen MR) is 428 cm³/mol. The minimum absolute atomic E-state index is 0.135. The molecular formula is C91H109F2N15O7. The van der Waals surface area contributed by atoms with Crippen molar-refractivity contribution in [2.75, 3.05) is 0 Å². The van der Waals surface area contributed by atoms with Gasteiger partial charge in [-0.2, -0.15) is 8.78 Å². The third-order valence-corrected chi connectivity index (χ3v) is 29.9. The Labute approximate surface area is 670 Å². The molecule has 23 rings (SSSR count). The highest BCUT2D eigenvalue weighted by molar-refractivity contribution is 5.70. The summed E-state index contributed by atoms with van der Waals surface area (Å²) in [4.78, 5) is 43.2. The first-order valence-corrected chi connectivity index (χ1v) is 43.1. The van der Waals surface area contributed by atoms with Gasteiger partial charge in [-0.15, -0.1) is 0 Å². The number of rotatable bonds is 15. The van der Waals surface area contributed by atoms with Crippen molar-refractivity contribution in [1.29, 1.82) is 0 Å². The summed E-state index contributed by atoms with van der Waals surface area (Å²) in [5.74, 6) is 0.749. The normalized spacial score (nSPS) is 27.6. The van der Waals surface area contributed by atoms with E-state index in [0.29, 0.717) is 58.2 Å². The highest BCUT2D eigenvalue weighted by Crippen LogP contribution is 2.61. The fraction of sp³-hybridized carbons (Fsp3) is 0.560. The molecule has 0 bridgehead atoms. The van der Waals surface area contributed by atoms with Crippen LogP contribution in [-0.4, -0.2) is 151 Å². The van der Waals surface area contributed by atoms with Gasteiger partial charge >= 0.3 is 0 Å². The Bertz CT molecular complexity index is 4610. The van der Waals surface area contributed by atoms with Crippen LogP contribution in [0.5, 0.6) is 0 Å². The van der Waals surface area contributed by atoms with Crippen molar-refractivity contribution in [1.82, 2.24) is 72.7 Å². The maximum Gasteiger partial charge on any atom is 0.213 e. The molecule has 0 radical (unpaired) electrons. The summed E-state index contributed by atoms with van der Waals surface area (Å²) in [6.07, 6.45) is 54.9. The second-order valence-corrected chi connectivity index (χ2v) is 36.6. The Kier molecular flexibility index (Phi) is 21.0. The third-order valence-electron chi connectivity index (χ3n) is 29.9. The third kappa shape index (κ3) is 15.3. The van der Waals surface area contributed by atoms with E-state index in [1.807, 2.05) is 83.5 Å². The van der Waals surface area contributed by atoms with Gasteiger partial charge in [-0.1, -0.05) is 0 Å². The fourth-order valence-electron chi connectivity index (χ4n) is 22.2. The summed E-state index contributed by atoms with van der Waals surface area (Å²) in [5.41, 5.74) is 17.2. The van der Waals surface area contributed by atoms with Gasteiger partial charge in [-0.05, 0) is 273 Å². The lowest BCUT2D eigenvalue weighted by molar-refractivity contribution is 0.0323.